The second kappa shape index (κ2) is 7.25. The van der Waals surface area contributed by atoms with Crippen LogP contribution in [-0.4, -0.2) is 29.4 Å². The Morgan fingerprint density at radius 2 is 1.77 bits per heavy atom. The smallest absolute Gasteiger partial charge is 0.239 e. The molecule has 3 N–H and O–H groups in total. The summed E-state index contributed by atoms with van der Waals surface area (Å²) < 4.78 is 0. The van der Waals surface area contributed by atoms with Gasteiger partial charge in [0.05, 0.1) is 5.54 Å². The van der Waals surface area contributed by atoms with Crippen molar-refractivity contribution in [2.24, 2.45) is 11.7 Å². The summed E-state index contributed by atoms with van der Waals surface area (Å²) in [4.78, 5) is 14.3. The Labute approximate surface area is 134 Å². The number of nitrogens with zero attached hydrogens (tertiary/aromatic N) is 1. The quantitative estimate of drug-likeness (QED) is 0.877. The van der Waals surface area contributed by atoms with E-state index < -0.39 is 5.54 Å². The van der Waals surface area contributed by atoms with E-state index in [1.807, 2.05) is 0 Å². The molecular weight excluding hydrogens is 274 g/mol. The Balaban J connectivity index is 1.81. The van der Waals surface area contributed by atoms with E-state index in [9.17, 15) is 4.79 Å². The highest BCUT2D eigenvalue weighted by Crippen LogP contribution is 2.18. The number of likely N-dealkylation sites (tertiary alicyclic amines) is 1. The number of rotatable bonds is 5. The van der Waals surface area contributed by atoms with Crippen molar-refractivity contribution in [1.82, 2.24) is 10.2 Å². The van der Waals surface area contributed by atoms with Crippen LogP contribution in [0.5, 0.6) is 0 Å². The lowest BCUT2D eigenvalue weighted by Crippen LogP contribution is -2.48. The van der Waals surface area contributed by atoms with E-state index in [2.05, 4.69) is 41.4 Å². The van der Waals surface area contributed by atoms with E-state index in [1.165, 1.54) is 31.5 Å². The van der Waals surface area contributed by atoms with Crippen molar-refractivity contribution in [2.45, 2.75) is 52.2 Å². The lowest BCUT2D eigenvalue weighted by molar-refractivity contribution is -0.125. The SMILES string of the molecule is CC1CCN(Cc2ccc(CNC(=O)C(C)(C)N)cc2)CC1. The summed E-state index contributed by atoms with van der Waals surface area (Å²) in [5.74, 6) is 0.744. The first-order valence-electron chi connectivity index (χ1n) is 8.22. The first-order chi connectivity index (χ1) is 10.3. The average Bonchev–Trinajstić information content (AvgIpc) is 2.47. The fourth-order valence-corrected chi connectivity index (χ4v) is 2.65. The van der Waals surface area contributed by atoms with Crippen LogP contribution in [0.2, 0.25) is 0 Å². The molecule has 0 spiro atoms. The lowest BCUT2D eigenvalue weighted by atomic mass is 9.99. The molecule has 0 unspecified atom stereocenters. The Kier molecular flexibility index (Phi) is 5.59. The van der Waals surface area contributed by atoms with Gasteiger partial charge >= 0.3 is 0 Å². The molecule has 4 nitrogen and oxygen atoms in total. The molecule has 1 amide bonds. The van der Waals surface area contributed by atoms with Crippen molar-refractivity contribution in [2.75, 3.05) is 13.1 Å². The number of nitrogens with two attached hydrogens (primary N) is 1. The molecule has 4 heteroatoms. The zero-order valence-corrected chi connectivity index (χ0v) is 14.1. The van der Waals surface area contributed by atoms with Crippen LogP contribution in [0, 0.1) is 5.92 Å². The van der Waals surface area contributed by atoms with Gasteiger partial charge in [-0.15, -0.1) is 0 Å². The third-order valence-electron chi connectivity index (χ3n) is 4.34. The van der Waals surface area contributed by atoms with Gasteiger partial charge in [-0.25, -0.2) is 0 Å². The van der Waals surface area contributed by atoms with E-state index in [0.29, 0.717) is 6.54 Å². The van der Waals surface area contributed by atoms with Crippen LogP contribution in [-0.2, 0) is 17.9 Å². The second-order valence-electron chi connectivity index (χ2n) is 7.18. The third-order valence-corrected chi connectivity index (χ3v) is 4.34. The van der Waals surface area contributed by atoms with Crippen LogP contribution in [0.1, 0.15) is 44.7 Å². The van der Waals surface area contributed by atoms with Gasteiger partial charge in [0.1, 0.15) is 0 Å². The van der Waals surface area contributed by atoms with Gasteiger partial charge in [-0.05, 0) is 56.8 Å². The maximum absolute atomic E-state index is 11.8. The Morgan fingerprint density at radius 3 is 2.32 bits per heavy atom. The van der Waals surface area contributed by atoms with Crippen molar-refractivity contribution in [1.29, 1.82) is 0 Å². The molecule has 0 bridgehead atoms. The van der Waals surface area contributed by atoms with Crippen molar-refractivity contribution in [3.8, 4) is 0 Å². The van der Waals surface area contributed by atoms with Crippen LogP contribution < -0.4 is 11.1 Å². The summed E-state index contributed by atoms with van der Waals surface area (Å²) >= 11 is 0. The first kappa shape index (κ1) is 17.0. The summed E-state index contributed by atoms with van der Waals surface area (Å²) in [7, 11) is 0. The zero-order valence-electron chi connectivity index (χ0n) is 14.1. The van der Waals surface area contributed by atoms with Crippen molar-refractivity contribution < 1.29 is 4.79 Å². The van der Waals surface area contributed by atoms with Crippen molar-refractivity contribution >= 4 is 5.91 Å². The van der Waals surface area contributed by atoms with Gasteiger partial charge in [-0.1, -0.05) is 31.2 Å². The summed E-state index contributed by atoms with van der Waals surface area (Å²) in [6, 6.07) is 8.50. The highest BCUT2D eigenvalue weighted by molar-refractivity contribution is 5.84. The van der Waals surface area contributed by atoms with Crippen molar-refractivity contribution in [3.05, 3.63) is 35.4 Å². The Morgan fingerprint density at radius 1 is 1.23 bits per heavy atom. The van der Waals surface area contributed by atoms with Gasteiger partial charge in [0, 0.05) is 13.1 Å². The molecule has 0 saturated carbocycles. The monoisotopic (exact) mass is 303 g/mol. The topological polar surface area (TPSA) is 58.4 Å². The largest absolute Gasteiger partial charge is 0.350 e. The maximum atomic E-state index is 11.8. The molecule has 1 aromatic rings. The molecule has 0 aliphatic carbocycles. The molecule has 2 rings (SSSR count). The van der Waals surface area contributed by atoms with Crippen LogP contribution in [0.4, 0.5) is 0 Å². The minimum atomic E-state index is -0.828. The van der Waals surface area contributed by atoms with Gasteiger partial charge < -0.3 is 11.1 Å². The van der Waals surface area contributed by atoms with Gasteiger partial charge in [0.2, 0.25) is 5.91 Å². The molecule has 1 saturated heterocycles. The highest BCUT2D eigenvalue weighted by Gasteiger charge is 2.21. The molecular formula is C18H29N3O. The number of benzene rings is 1. The van der Waals surface area contributed by atoms with E-state index in [-0.39, 0.29) is 5.91 Å². The van der Waals surface area contributed by atoms with Crippen LogP contribution in [0.15, 0.2) is 24.3 Å². The van der Waals surface area contributed by atoms with E-state index in [1.54, 1.807) is 13.8 Å². The number of carbonyl (C=O) groups is 1. The summed E-state index contributed by atoms with van der Waals surface area (Å²) in [6.45, 7) is 9.71. The first-order valence-corrected chi connectivity index (χ1v) is 8.22. The molecule has 1 aliphatic heterocycles. The minimum Gasteiger partial charge on any atom is -0.350 e. The van der Waals surface area contributed by atoms with Crippen molar-refractivity contribution in [3.63, 3.8) is 0 Å². The summed E-state index contributed by atoms with van der Waals surface area (Å²) in [5.41, 5.74) is 7.38. The molecule has 0 atom stereocenters. The second-order valence-corrected chi connectivity index (χ2v) is 7.18. The van der Waals surface area contributed by atoms with Crippen LogP contribution in [0.25, 0.3) is 0 Å². The maximum Gasteiger partial charge on any atom is 0.239 e. The van der Waals surface area contributed by atoms with Gasteiger partial charge in [-0.2, -0.15) is 0 Å². The molecule has 0 aromatic heterocycles. The Bertz CT molecular complexity index is 482. The minimum absolute atomic E-state index is 0.126. The van der Waals surface area contributed by atoms with E-state index in [4.69, 9.17) is 5.73 Å². The standard InChI is InChI=1S/C18H29N3O/c1-14-8-10-21(11-9-14)13-16-6-4-15(5-7-16)12-20-17(22)18(2,3)19/h4-7,14H,8-13,19H2,1-3H3,(H,20,22). The zero-order chi connectivity index (χ0) is 16.2. The number of piperidine rings is 1. The average molecular weight is 303 g/mol. The fraction of sp³-hybridized carbons (Fsp3) is 0.611. The predicted octanol–water partition coefficient (Wildman–Crippen LogP) is 2.27. The number of nitrogens with one attached hydrogen (secondary N) is 1. The highest BCUT2D eigenvalue weighted by atomic mass is 16.2. The number of amides is 1. The normalized spacial score (nSPS) is 17.5. The van der Waals surface area contributed by atoms with Gasteiger partial charge in [0.15, 0.2) is 0 Å². The van der Waals surface area contributed by atoms with Crippen LogP contribution >= 0.6 is 0 Å². The predicted molar refractivity (Wildman–Crippen MR) is 90.2 cm³/mol. The van der Waals surface area contributed by atoms with Gasteiger partial charge in [-0.3, -0.25) is 9.69 Å². The molecule has 1 aromatic carbocycles. The molecule has 1 aliphatic rings. The summed E-state index contributed by atoms with van der Waals surface area (Å²) in [5, 5.41) is 2.87. The number of hydrogen-bond donors (Lipinski definition) is 2. The van der Waals surface area contributed by atoms with Gasteiger partial charge in [0.25, 0.3) is 0 Å². The van der Waals surface area contributed by atoms with E-state index >= 15 is 0 Å². The molecule has 0 radical (unpaired) electrons. The Hall–Kier alpha value is -1.39. The molecule has 1 fully saturated rings. The fourth-order valence-electron chi connectivity index (χ4n) is 2.65. The number of carbonyl (C=O) groups excluding carboxylic acids is 1. The summed E-state index contributed by atoms with van der Waals surface area (Å²) in [6.07, 6.45) is 2.61. The molecule has 122 valence electrons. The van der Waals surface area contributed by atoms with E-state index in [0.717, 1.165) is 18.0 Å². The molecule has 1 heterocycles. The number of hydrogen-bond acceptors (Lipinski definition) is 3. The lowest BCUT2D eigenvalue weighted by Gasteiger charge is -2.30. The molecule has 22 heavy (non-hydrogen) atoms. The van der Waals surface area contributed by atoms with Crippen LogP contribution in [0.3, 0.4) is 0 Å². The third kappa shape index (κ3) is 5.11.